The number of carbonyl (C=O) groups is 3. The average molecular weight is 784 g/mol. The molecular weight excluding hydrogens is 731 g/mol. The Hall–Kier alpha value is -5.55. The van der Waals surface area contributed by atoms with Crippen LogP contribution in [0.25, 0.3) is 0 Å². The molecule has 4 aromatic rings. The van der Waals surface area contributed by atoms with Crippen LogP contribution < -0.4 is 24.6 Å². The molecule has 0 saturated carbocycles. The number of anilines is 2. The van der Waals surface area contributed by atoms with E-state index in [1.165, 1.54) is 11.3 Å². The van der Waals surface area contributed by atoms with E-state index in [0.717, 1.165) is 92.5 Å². The Morgan fingerprint density at radius 2 is 1.55 bits per heavy atom. The monoisotopic (exact) mass is 783 g/mol. The minimum Gasteiger partial charge on any atom is -0.508 e. The minimum absolute atomic E-state index is 0.0139. The molecule has 58 heavy (non-hydrogen) atoms. The molecule has 0 unspecified atom stereocenters. The summed E-state index contributed by atoms with van der Waals surface area (Å²) >= 11 is 0. The molecule has 5 aliphatic heterocycles. The molecule has 11 heteroatoms. The van der Waals surface area contributed by atoms with Crippen LogP contribution in [0.4, 0.5) is 11.4 Å². The summed E-state index contributed by atoms with van der Waals surface area (Å²) in [7, 11) is 1.70. The summed E-state index contributed by atoms with van der Waals surface area (Å²) in [5.41, 5.74) is 6.88. The number of carbonyl (C=O) groups excluding carboxylic acids is 3. The largest absolute Gasteiger partial charge is 0.508 e. The smallest absolute Gasteiger partial charge is 0.255 e. The van der Waals surface area contributed by atoms with Gasteiger partial charge in [-0.3, -0.25) is 24.6 Å². The van der Waals surface area contributed by atoms with E-state index >= 15 is 0 Å². The second-order valence-corrected chi connectivity index (χ2v) is 17.2. The maximum Gasteiger partial charge on any atom is 0.255 e. The Morgan fingerprint density at radius 1 is 0.810 bits per heavy atom. The number of phenols is 1. The van der Waals surface area contributed by atoms with Crippen molar-refractivity contribution in [3.63, 3.8) is 0 Å². The molecule has 5 aliphatic rings. The lowest BCUT2D eigenvalue weighted by Gasteiger charge is -2.46. The first-order valence-electron chi connectivity index (χ1n) is 20.8. The van der Waals surface area contributed by atoms with Gasteiger partial charge in [0.2, 0.25) is 11.8 Å². The zero-order chi connectivity index (χ0) is 40.1. The summed E-state index contributed by atoms with van der Waals surface area (Å²) in [6.45, 7) is 11.7. The topological polar surface area (TPSA) is 115 Å². The average Bonchev–Trinajstić information content (AvgIpc) is 3.55. The van der Waals surface area contributed by atoms with Crippen LogP contribution in [-0.2, 0) is 16.1 Å². The number of aromatic hydroxyl groups is 1. The van der Waals surface area contributed by atoms with Crippen molar-refractivity contribution in [3.05, 3.63) is 113 Å². The molecule has 2 N–H and O–H groups in total. The van der Waals surface area contributed by atoms with Gasteiger partial charge in [0.05, 0.1) is 7.11 Å². The summed E-state index contributed by atoms with van der Waals surface area (Å²) in [6.07, 6.45) is 2.95. The number of imide groups is 1. The van der Waals surface area contributed by atoms with Gasteiger partial charge in [0.15, 0.2) is 0 Å². The van der Waals surface area contributed by atoms with E-state index in [-0.39, 0.29) is 41.7 Å². The van der Waals surface area contributed by atoms with Gasteiger partial charge in [-0.2, -0.15) is 0 Å². The van der Waals surface area contributed by atoms with Gasteiger partial charge in [0.25, 0.3) is 5.91 Å². The molecule has 302 valence electrons. The fraction of sp³-hybridized carbons (Fsp3) is 0.426. The lowest BCUT2D eigenvalue weighted by Crippen LogP contribution is -2.52. The first kappa shape index (κ1) is 38.0. The number of benzene rings is 4. The normalized spacial score (nSPS) is 23.6. The van der Waals surface area contributed by atoms with Gasteiger partial charge in [0, 0.05) is 99.2 Å². The van der Waals surface area contributed by atoms with Gasteiger partial charge in [-0.25, -0.2) is 0 Å². The van der Waals surface area contributed by atoms with Crippen LogP contribution in [-0.4, -0.2) is 97.2 Å². The van der Waals surface area contributed by atoms with E-state index < -0.39 is 11.6 Å². The van der Waals surface area contributed by atoms with Gasteiger partial charge in [-0.05, 0) is 104 Å². The predicted molar refractivity (Wildman–Crippen MR) is 223 cm³/mol. The second-order valence-electron chi connectivity index (χ2n) is 17.2. The number of piperazine rings is 1. The molecular formula is C47H53N5O6. The molecule has 3 saturated heterocycles. The lowest BCUT2D eigenvalue weighted by molar-refractivity contribution is -0.136. The Balaban J connectivity index is 0.805. The maximum atomic E-state index is 13.2. The van der Waals surface area contributed by atoms with Crippen molar-refractivity contribution in [2.75, 3.05) is 62.7 Å². The van der Waals surface area contributed by atoms with Crippen molar-refractivity contribution in [1.29, 1.82) is 0 Å². The van der Waals surface area contributed by atoms with Gasteiger partial charge < -0.3 is 29.3 Å². The Morgan fingerprint density at radius 3 is 2.29 bits per heavy atom. The Bertz CT molecular complexity index is 2210. The highest BCUT2D eigenvalue weighted by molar-refractivity contribution is 6.05. The van der Waals surface area contributed by atoms with Crippen LogP contribution in [0, 0.1) is 5.92 Å². The van der Waals surface area contributed by atoms with E-state index in [2.05, 4.69) is 76.3 Å². The van der Waals surface area contributed by atoms with Crippen molar-refractivity contribution >= 4 is 29.1 Å². The molecule has 0 bridgehead atoms. The molecule has 4 aromatic carbocycles. The summed E-state index contributed by atoms with van der Waals surface area (Å²) < 4.78 is 12.2. The fourth-order valence-corrected chi connectivity index (χ4v) is 10.2. The molecule has 0 aromatic heterocycles. The molecule has 11 nitrogen and oxygen atoms in total. The molecule has 0 radical (unpaired) electrons. The number of phenolic OH excluding ortho intramolecular Hbond substituents is 1. The van der Waals surface area contributed by atoms with Crippen LogP contribution in [0.5, 0.6) is 17.2 Å². The number of hydrogen-bond donors (Lipinski definition) is 2. The highest BCUT2D eigenvalue weighted by atomic mass is 16.5. The lowest BCUT2D eigenvalue weighted by atomic mass is 9.68. The number of nitrogens with zero attached hydrogens (tertiary/aromatic N) is 4. The Labute approximate surface area is 340 Å². The molecule has 3 atom stereocenters. The number of methoxy groups -OCH3 is 1. The quantitative estimate of drug-likeness (QED) is 0.199. The molecule has 0 aliphatic carbocycles. The molecule has 9 rings (SSSR count). The molecule has 3 fully saturated rings. The molecule has 0 spiro atoms. The zero-order valence-electron chi connectivity index (χ0n) is 33.7. The van der Waals surface area contributed by atoms with Crippen LogP contribution in [0.1, 0.15) is 84.0 Å². The zero-order valence-corrected chi connectivity index (χ0v) is 33.7. The maximum absolute atomic E-state index is 13.2. The second kappa shape index (κ2) is 15.3. The van der Waals surface area contributed by atoms with Gasteiger partial charge in [-0.15, -0.1) is 0 Å². The van der Waals surface area contributed by atoms with Gasteiger partial charge in [0.1, 0.15) is 28.9 Å². The van der Waals surface area contributed by atoms with E-state index in [4.69, 9.17) is 9.47 Å². The number of nitrogens with one attached hydrogen (secondary N) is 1. The standard InChI is InChI=1S/C47H53N5O6/c1-47(2)44(32-5-4-6-37(26-32)57-3)43(39-14-12-36(53)27-41(39)58-47)31-7-9-34(10-8-31)50-19-17-30(18-20-50)28-49-21-23-51(24-22-49)35-11-13-38-33(25-35)29-52(46(38)56)40-15-16-42(54)48-45(40)55/h4-14,25-27,30,40,43-44,53H,15-24,28-29H2,1-3H3,(H,48,54,55)/t40-,43-,44-/m0/s1. The van der Waals surface area contributed by atoms with Gasteiger partial charge >= 0.3 is 0 Å². The van der Waals surface area contributed by atoms with Crippen LogP contribution in [0.2, 0.25) is 0 Å². The predicted octanol–water partition coefficient (Wildman–Crippen LogP) is 6.29. The fourth-order valence-electron chi connectivity index (χ4n) is 10.2. The van der Waals surface area contributed by atoms with E-state index in [0.29, 0.717) is 24.4 Å². The summed E-state index contributed by atoms with van der Waals surface area (Å²) in [5.74, 6) is 1.66. The van der Waals surface area contributed by atoms with Gasteiger partial charge in [-0.1, -0.05) is 30.3 Å². The summed E-state index contributed by atoms with van der Waals surface area (Å²) in [5, 5.41) is 12.7. The number of fused-ring (bicyclic) bond motifs is 2. The summed E-state index contributed by atoms with van der Waals surface area (Å²) in [6, 6.07) is 28.4. The van der Waals surface area contributed by atoms with E-state index in [1.54, 1.807) is 24.1 Å². The highest BCUT2D eigenvalue weighted by Gasteiger charge is 2.46. The SMILES string of the molecule is COc1cccc([C@H]2[C@@H](c3ccc(N4CCC(CN5CCN(c6ccc7c(c6)CN([C@H]6CCC(=O)NC6=O)C7=O)CC5)CC4)cc3)c3ccc(O)cc3OC2(C)C)c1. The third-order valence-corrected chi connectivity index (χ3v) is 13.2. The first-order chi connectivity index (χ1) is 28.0. The first-order valence-corrected chi connectivity index (χ1v) is 20.8. The third kappa shape index (κ3) is 7.25. The van der Waals surface area contributed by atoms with Crippen LogP contribution >= 0.6 is 0 Å². The summed E-state index contributed by atoms with van der Waals surface area (Å²) in [4.78, 5) is 46.5. The third-order valence-electron chi connectivity index (χ3n) is 13.2. The number of rotatable bonds is 8. The van der Waals surface area contributed by atoms with Crippen LogP contribution in [0.3, 0.4) is 0 Å². The number of piperidine rings is 2. The van der Waals surface area contributed by atoms with Crippen LogP contribution in [0.15, 0.2) is 84.9 Å². The minimum atomic E-state index is -0.595. The van der Waals surface area contributed by atoms with Crippen molar-refractivity contribution in [2.45, 2.75) is 69.6 Å². The number of hydrogen-bond acceptors (Lipinski definition) is 9. The Kier molecular flexibility index (Phi) is 10.0. The van der Waals surface area contributed by atoms with E-state index in [1.807, 2.05) is 30.3 Å². The van der Waals surface area contributed by atoms with Crippen molar-refractivity contribution in [3.8, 4) is 17.2 Å². The molecule has 5 heterocycles. The van der Waals surface area contributed by atoms with E-state index in [9.17, 15) is 19.5 Å². The molecule has 3 amide bonds. The highest BCUT2D eigenvalue weighted by Crippen LogP contribution is 2.54. The van der Waals surface area contributed by atoms with Crippen molar-refractivity contribution < 1.29 is 29.0 Å². The number of ether oxygens (including phenoxy) is 2. The van der Waals surface area contributed by atoms with Crippen molar-refractivity contribution in [1.82, 2.24) is 15.1 Å². The number of amides is 3. The van der Waals surface area contributed by atoms with Crippen molar-refractivity contribution in [2.24, 2.45) is 5.92 Å².